The molecule has 5 rings (SSSR count). The predicted octanol–water partition coefficient (Wildman–Crippen LogP) is 6.05. The molecule has 1 fully saturated rings. The van der Waals surface area contributed by atoms with Crippen LogP contribution in [0.25, 0.3) is 6.08 Å². The van der Waals surface area contributed by atoms with Gasteiger partial charge in [-0.3, -0.25) is 4.90 Å². The van der Waals surface area contributed by atoms with E-state index in [1.54, 1.807) is 24.7 Å². The van der Waals surface area contributed by atoms with Crippen molar-refractivity contribution in [3.05, 3.63) is 124 Å². The molecule has 41 heavy (non-hydrogen) atoms. The van der Waals surface area contributed by atoms with Crippen LogP contribution in [0.4, 0.5) is 0 Å². The molecule has 1 aliphatic rings. The van der Waals surface area contributed by atoms with Crippen LogP contribution in [0.5, 0.6) is 5.75 Å². The van der Waals surface area contributed by atoms with Gasteiger partial charge >= 0.3 is 0 Å². The number of aliphatic hydroxyl groups excluding tert-OH is 1. The number of imidazole rings is 1. The second-order valence-corrected chi connectivity index (χ2v) is 10.7. The van der Waals surface area contributed by atoms with Crippen molar-refractivity contribution in [1.82, 2.24) is 14.5 Å². The Balaban J connectivity index is 1.17. The maximum Gasteiger partial charge on any atom is 0.215 e. The second kappa shape index (κ2) is 14.1. The Bertz CT molecular complexity index is 1400. The van der Waals surface area contributed by atoms with Crippen LogP contribution >= 0.6 is 23.2 Å². The van der Waals surface area contributed by atoms with Gasteiger partial charge < -0.3 is 23.9 Å². The van der Waals surface area contributed by atoms with Crippen molar-refractivity contribution in [2.75, 3.05) is 32.9 Å². The van der Waals surface area contributed by atoms with Gasteiger partial charge in [-0.1, -0.05) is 83.9 Å². The van der Waals surface area contributed by atoms with Crippen LogP contribution in [0.1, 0.15) is 16.7 Å². The molecule has 0 amide bonds. The summed E-state index contributed by atoms with van der Waals surface area (Å²) in [6.45, 7) is 3.20. The molecule has 1 saturated heterocycles. The van der Waals surface area contributed by atoms with Gasteiger partial charge in [0.05, 0.1) is 31.1 Å². The van der Waals surface area contributed by atoms with E-state index in [0.29, 0.717) is 41.9 Å². The Morgan fingerprint density at radius 1 is 1.10 bits per heavy atom. The minimum atomic E-state index is -1.09. The summed E-state index contributed by atoms with van der Waals surface area (Å²) < 4.78 is 20.7. The molecule has 2 unspecified atom stereocenters. The lowest BCUT2D eigenvalue weighted by Crippen LogP contribution is -2.34. The van der Waals surface area contributed by atoms with Gasteiger partial charge in [-0.15, -0.1) is 0 Å². The van der Waals surface area contributed by atoms with Crippen molar-refractivity contribution in [1.29, 1.82) is 0 Å². The van der Waals surface area contributed by atoms with E-state index in [4.69, 9.17) is 37.4 Å². The number of halogens is 2. The second-order valence-electron chi connectivity index (χ2n) is 9.89. The molecule has 2 heterocycles. The summed E-state index contributed by atoms with van der Waals surface area (Å²) in [5, 5.41) is 10.5. The number of ether oxygens (including phenoxy) is 3. The van der Waals surface area contributed by atoms with Crippen LogP contribution in [0, 0.1) is 0 Å². The first-order valence-electron chi connectivity index (χ1n) is 13.5. The van der Waals surface area contributed by atoms with E-state index in [2.05, 4.69) is 34.2 Å². The lowest BCUT2D eigenvalue weighted by molar-refractivity contribution is -0.189. The topological polar surface area (TPSA) is 69.0 Å². The highest BCUT2D eigenvalue weighted by Crippen LogP contribution is 2.40. The lowest BCUT2D eigenvalue weighted by atomic mass is 10.1. The molecule has 1 aromatic heterocycles. The minimum Gasteiger partial charge on any atom is -0.491 e. The zero-order valence-corrected chi connectivity index (χ0v) is 24.1. The fourth-order valence-corrected chi connectivity index (χ4v) is 5.34. The Morgan fingerprint density at radius 2 is 1.93 bits per heavy atom. The van der Waals surface area contributed by atoms with E-state index >= 15 is 0 Å². The molecule has 3 aromatic carbocycles. The van der Waals surface area contributed by atoms with Gasteiger partial charge in [-0.05, 0) is 35.4 Å². The molecule has 0 saturated carbocycles. The number of aromatic nitrogens is 2. The van der Waals surface area contributed by atoms with E-state index in [1.165, 1.54) is 0 Å². The quantitative estimate of drug-likeness (QED) is 0.204. The Morgan fingerprint density at radius 3 is 2.66 bits per heavy atom. The summed E-state index contributed by atoms with van der Waals surface area (Å²) in [5.74, 6) is -0.350. The van der Waals surface area contributed by atoms with Crippen molar-refractivity contribution in [2.45, 2.75) is 25.0 Å². The molecule has 2 atom stereocenters. The molecule has 0 bridgehead atoms. The molecular weight excluding hydrogens is 561 g/mol. The number of nitrogens with zero attached hydrogens (tertiary/aromatic N) is 3. The van der Waals surface area contributed by atoms with Gasteiger partial charge in [0.2, 0.25) is 5.79 Å². The van der Waals surface area contributed by atoms with Crippen LogP contribution < -0.4 is 4.74 Å². The Labute approximate surface area is 250 Å². The molecule has 0 aliphatic carbocycles. The fraction of sp³-hybridized carbons (Fsp3) is 0.281. The number of aliphatic hydroxyl groups is 1. The van der Waals surface area contributed by atoms with Crippen molar-refractivity contribution in [3.63, 3.8) is 0 Å². The maximum absolute atomic E-state index is 9.53. The van der Waals surface area contributed by atoms with E-state index < -0.39 is 5.79 Å². The van der Waals surface area contributed by atoms with Gasteiger partial charge in [0.15, 0.2) is 0 Å². The van der Waals surface area contributed by atoms with E-state index in [0.717, 1.165) is 30.0 Å². The third-order valence-corrected chi connectivity index (χ3v) is 7.35. The number of rotatable bonds is 13. The molecule has 0 spiro atoms. The zero-order valence-electron chi connectivity index (χ0n) is 22.6. The SMILES string of the molecule is OCCN(C/C=C/c1ccccc1)Cc1ccc(OCC2COC(Cn3ccnc3)(c3ccc(Cl)cc3Cl)O2)cc1. The summed E-state index contributed by atoms with van der Waals surface area (Å²) >= 11 is 12.7. The van der Waals surface area contributed by atoms with Gasteiger partial charge in [0.25, 0.3) is 0 Å². The smallest absolute Gasteiger partial charge is 0.215 e. The zero-order chi connectivity index (χ0) is 28.5. The molecule has 0 radical (unpaired) electrons. The van der Waals surface area contributed by atoms with Crippen LogP contribution in [0.15, 0.2) is 97.6 Å². The van der Waals surface area contributed by atoms with E-state index in [-0.39, 0.29) is 12.7 Å². The Kier molecular flexibility index (Phi) is 10.1. The first-order chi connectivity index (χ1) is 20.0. The number of hydrogen-bond acceptors (Lipinski definition) is 6. The summed E-state index contributed by atoms with van der Waals surface area (Å²) in [7, 11) is 0. The van der Waals surface area contributed by atoms with Crippen LogP contribution in [-0.4, -0.2) is 58.6 Å². The van der Waals surface area contributed by atoms with E-state index in [9.17, 15) is 5.11 Å². The highest BCUT2D eigenvalue weighted by molar-refractivity contribution is 6.35. The summed E-state index contributed by atoms with van der Waals surface area (Å²) in [6, 6.07) is 23.5. The highest BCUT2D eigenvalue weighted by Gasteiger charge is 2.45. The first-order valence-corrected chi connectivity index (χ1v) is 14.3. The molecule has 1 N–H and O–H groups in total. The Hall–Kier alpha value is -3.17. The average Bonchev–Trinajstić information content (AvgIpc) is 3.64. The molecule has 214 valence electrons. The largest absolute Gasteiger partial charge is 0.491 e. The summed E-state index contributed by atoms with van der Waals surface area (Å²) in [6.07, 6.45) is 9.19. The molecule has 7 nitrogen and oxygen atoms in total. The minimum absolute atomic E-state index is 0.105. The van der Waals surface area contributed by atoms with Crippen LogP contribution in [0.2, 0.25) is 10.0 Å². The van der Waals surface area contributed by atoms with Gasteiger partial charge in [0.1, 0.15) is 18.5 Å². The molecule has 1 aliphatic heterocycles. The predicted molar refractivity (Wildman–Crippen MR) is 161 cm³/mol. The lowest BCUT2D eigenvalue weighted by Gasteiger charge is -2.30. The van der Waals surface area contributed by atoms with Gasteiger partial charge in [-0.2, -0.15) is 0 Å². The average molecular weight is 595 g/mol. The maximum atomic E-state index is 9.53. The van der Waals surface area contributed by atoms with Crippen LogP contribution in [0.3, 0.4) is 0 Å². The van der Waals surface area contributed by atoms with Crippen molar-refractivity contribution < 1.29 is 19.3 Å². The third kappa shape index (κ3) is 7.98. The normalized spacial score (nSPS) is 18.9. The highest BCUT2D eigenvalue weighted by atomic mass is 35.5. The van der Waals surface area contributed by atoms with E-state index in [1.807, 2.05) is 59.3 Å². The third-order valence-electron chi connectivity index (χ3n) is 6.81. The molecule has 9 heteroatoms. The van der Waals surface area contributed by atoms with Crippen molar-refractivity contribution in [3.8, 4) is 5.75 Å². The first kappa shape index (κ1) is 29.3. The molecular formula is C32H33Cl2N3O4. The van der Waals surface area contributed by atoms with Gasteiger partial charge in [0, 0.05) is 42.6 Å². The van der Waals surface area contributed by atoms with Crippen molar-refractivity contribution >= 4 is 29.3 Å². The standard InChI is InChI=1S/C32H33Cl2N3O4/c33-27-10-13-30(31(34)19-27)32(23-37-16-14-35-24-37)40-22-29(41-32)21-39-28-11-8-26(9-12-28)20-36(17-18-38)15-4-7-25-5-2-1-3-6-25/h1-14,16,19,24,29,38H,15,17-18,20-23H2/b7-4+. The van der Waals surface area contributed by atoms with Gasteiger partial charge in [-0.25, -0.2) is 4.98 Å². The monoisotopic (exact) mass is 593 g/mol. The summed E-state index contributed by atoms with van der Waals surface area (Å²) in [4.78, 5) is 6.33. The van der Waals surface area contributed by atoms with Crippen molar-refractivity contribution in [2.24, 2.45) is 0 Å². The number of hydrogen-bond donors (Lipinski definition) is 1. The number of benzene rings is 3. The fourth-order valence-electron chi connectivity index (χ4n) is 4.79. The molecule has 4 aromatic rings. The summed E-state index contributed by atoms with van der Waals surface area (Å²) in [5.41, 5.74) is 3.00. The van der Waals surface area contributed by atoms with Crippen LogP contribution in [-0.2, 0) is 28.4 Å².